The molecule has 0 aromatic heterocycles. The predicted octanol–water partition coefficient (Wildman–Crippen LogP) is 3.36. The maximum atomic E-state index is 11.5. The van der Waals surface area contributed by atoms with Crippen molar-refractivity contribution in [3.63, 3.8) is 0 Å². The summed E-state index contributed by atoms with van der Waals surface area (Å²) in [4.78, 5) is 13.4. The fourth-order valence-electron chi connectivity index (χ4n) is 1.68. The van der Waals surface area contributed by atoms with E-state index in [1.165, 1.54) is 5.57 Å². The molecule has 0 spiro atoms. The van der Waals surface area contributed by atoms with Crippen LogP contribution >= 0.6 is 0 Å². The molecule has 96 valence electrons. The van der Waals surface area contributed by atoms with Gasteiger partial charge in [-0.3, -0.25) is 9.69 Å². The lowest BCUT2D eigenvalue weighted by molar-refractivity contribution is -0.121. The quantitative estimate of drug-likeness (QED) is 0.475. The van der Waals surface area contributed by atoms with Gasteiger partial charge in [0.05, 0.1) is 6.04 Å². The smallest absolute Gasteiger partial charge is 0.147 e. The number of hydrogen-bond donors (Lipinski definition) is 0. The fourth-order valence-corrected chi connectivity index (χ4v) is 1.68. The lowest BCUT2D eigenvalue weighted by atomic mass is 10.0. The molecule has 0 N–H and O–H groups in total. The van der Waals surface area contributed by atoms with Crippen molar-refractivity contribution in [1.29, 1.82) is 0 Å². The Hall–Kier alpha value is -1.15. The Bertz CT molecular complexity index is 313. The lowest BCUT2D eigenvalue weighted by Crippen LogP contribution is -2.34. The van der Waals surface area contributed by atoms with E-state index < -0.39 is 0 Å². The number of ketones is 1. The zero-order valence-electron chi connectivity index (χ0n) is 11.6. The number of carbonyl (C=O) groups excluding carboxylic acids is 1. The number of Topliss-reactive ketones (excluding diaryl/α,β-unsaturated/α-hetero) is 1. The highest BCUT2D eigenvalue weighted by atomic mass is 16.1. The summed E-state index contributed by atoms with van der Waals surface area (Å²) in [6.45, 7) is 11.3. The van der Waals surface area contributed by atoms with Crippen LogP contribution in [0.5, 0.6) is 0 Å². The first-order chi connectivity index (χ1) is 7.88. The summed E-state index contributed by atoms with van der Waals surface area (Å²) in [7, 11) is 3.89. The van der Waals surface area contributed by atoms with E-state index in [2.05, 4.69) is 26.2 Å². The second-order valence-electron chi connectivity index (χ2n) is 4.75. The van der Waals surface area contributed by atoms with Crippen LogP contribution in [-0.4, -0.2) is 30.8 Å². The third-order valence-corrected chi connectivity index (χ3v) is 2.85. The van der Waals surface area contributed by atoms with Crippen molar-refractivity contribution in [3.8, 4) is 0 Å². The monoisotopic (exact) mass is 235 g/mol. The Morgan fingerprint density at radius 1 is 1.35 bits per heavy atom. The normalized spacial score (nSPS) is 13.6. The molecule has 0 bridgehead atoms. The van der Waals surface area contributed by atoms with Gasteiger partial charge in [-0.2, -0.15) is 0 Å². The first-order valence-electron chi connectivity index (χ1n) is 6.01. The summed E-state index contributed by atoms with van der Waals surface area (Å²) >= 11 is 0. The van der Waals surface area contributed by atoms with Gasteiger partial charge in [0.1, 0.15) is 5.78 Å². The molecule has 2 nitrogen and oxygen atoms in total. The van der Waals surface area contributed by atoms with Crippen LogP contribution in [0.15, 0.2) is 36.5 Å². The van der Waals surface area contributed by atoms with Crippen LogP contribution in [0.1, 0.15) is 33.1 Å². The second kappa shape index (κ2) is 8.02. The van der Waals surface area contributed by atoms with Crippen molar-refractivity contribution >= 4 is 5.78 Å². The molecule has 0 aromatic rings. The molecule has 1 unspecified atom stereocenters. The Morgan fingerprint density at radius 2 is 1.94 bits per heavy atom. The average Bonchev–Trinajstić information content (AvgIpc) is 2.24. The number of allylic oxidation sites excluding steroid dienone is 3. The first-order valence-corrected chi connectivity index (χ1v) is 6.01. The summed E-state index contributed by atoms with van der Waals surface area (Å²) in [5.74, 6) is 0.221. The summed E-state index contributed by atoms with van der Waals surface area (Å²) in [6, 6.07) is -0.00569. The van der Waals surface area contributed by atoms with Crippen molar-refractivity contribution in [1.82, 2.24) is 4.90 Å². The second-order valence-corrected chi connectivity index (χ2v) is 4.75. The molecule has 0 saturated heterocycles. The van der Waals surface area contributed by atoms with E-state index in [9.17, 15) is 4.79 Å². The molecular formula is C15H25NO. The fraction of sp³-hybridized carbons (Fsp3) is 0.533. The molecule has 0 aliphatic heterocycles. The van der Waals surface area contributed by atoms with Crippen LogP contribution in [0.4, 0.5) is 0 Å². The summed E-state index contributed by atoms with van der Waals surface area (Å²) in [5, 5.41) is 0. The molecule has 0 rings (SSSR count). The third-order valence-electron chi connectivity index (χ3n) is 2.85. The van der Waals surface area contributed by atoms with Crippen molar-refractivity contribution in [2.24, 2.45) is 0 Å². The number of rotatable bonds is 8. The van der Waals surface area contributed by atoms with Crippen LogP contribution in [0.25, 0.3) is 0 Å². The minimum Gasteiger partial charge on any atom is -0.300 e. The van der Waals surface area contributed by atoms with Crippen LogP contribution in [0, 0.1) is 0 Å². The van der Waals surface area contributed by atoms with Crippen LogP contribution < -0.4 is 0 Å². The minimum atomic E-state index is -0.00569. The summed E-state index contributed by atoms with van der Waals surface area (Å²) < 4.78 is 0. The van der Waals surface area contributed by atoms with E-state index in [-0.39, 0.29) is 11.8 Å². The van der Waals surface area contributed by atoms with E-state index in [1.54, 1.807) is 13.0 Å². The van der Waals surface area contributed by atoms with Gasteiger partial charge in [-0.1, -0.05) is 36.5 Å². The number of carbonyl (C=O) groups is 1. The largest absolute Gasteiger partial charge is 0.300 e. The Kier molecular flexibility index (Phi) is 7.47. The Labute approximate surface area is 106 Å². The van der Waals surface area contributed by atoms with Gasteiger partial charge in [0.25, 0.3) is 0 Å². The first kappa shape index (κ1) is 15.9. The van der Waals surface area contributed by atoms with Gasteiger partial charge in [0.2, 0.25) is 0 Å². The molecule has 0 fully saturated rings. The Balaban J connectivity index is 4.26. The zero-order valence-corrected chi connectivity index (χ0v) is 11.6. The number of likely N-dealkylation sites (N-methyl/N-ethyl adjacent to an activating group) is 1. The Morgan fingerprint density at radius 3 is 2.35 bits per heavy atom. The highest BCUT2D eigenvalue weighted by Crippen LogP contribution is 2.13. The van der Waals surface area contributed by atoms with E-state index in [4.69, 9.17) is 0 Å². The van der Waals surface area contributed by atoms with Gasteiger partial charge in [0.15, 0.2) is 0 Å². The standard InChI is InChI=1S/C15H25NO/c1-7-12(2)9-8-10-13(3)11-15(14(4)17)16(5)6/h7,10,15H,1-2,8-9,11H2,3-6H3/b13-10+. The van der Waals surface area contributed by atoms with Crippen molar-refractivity contribution < 1.29 is 4.79 Å². The van der Waals surface area contributed by atoms with Crippen LogP contribution in [0.2, 0.25) is 0 Å². The van der Waals surface area contributed by atoms with Gasteiger partial charge in [-0.05, 0) is 47.2 Å². The molecule has 0 radical (unpaired) electrons. The van der Waals surface area contributed by atoms with Crippen LogP contribution in [0.3, 0.4) is 0 Å². The molecular weight excluding hydrogens is 210 g/mol. The van der Waals surface area contributed by atoms with Crippen molar-refractivity contribution in [2.75, 3.05) is 14.1 Å². The molecule has 0 aromatic carbocycles. The summed E-state index contributed by atoms with van der Waals surface area (Å²) in [6.07, 6.45) is 6.70. The van der Waals surface area contributed by atoms with Gasteiger partial charge >= 0.3 is 0 Å². The van der Waals surface area contributed by atoms with E-state index in [1.807, 2.05) is 19.0 Å². The molecule has 0 heterocycles. The average molecular weight is 235 g/mol. The van der Waals surface area contributed by atoms with E-state index >= 15 is 0 Å². The minimum absolute atomic E-state index is 0.00569. The number of nitrogens with zero attached hydrogens (tertiary/aromatic N) is 1. The molecule has 0 aliphatic rings. The van der Waals surface area contributed by atoms with E-state index in [0.717, 1.165) is 24.8 Å². The maximum absolute atomic E-state index is 11.5. The molecule has 17 heavy (non-hydrogen) atoms. The maximum Gasteiger partial charge on any atom is 0.147 e. The third kappa shape index (κ3) is 6.90. The van der Waals surface area contributed by atoms with Gasteiger partial charge in [0, 0.05) is 0 Å². The topological polar surface area (TPSA) is 20.3 Å². The molecule has 0 saturated carbocycles. The predicted molar refractivity (Wildman–Crippen MR) is 75.1 cm³/mol. The highest BCUT2D eigenvalue weighted by Gasteiger charge is 2.16. The number of hydrogen-bond acceptors (Lipinski definition) is 2. The van der Waals surface area contributed by atoms with Crippen molar-refractivity contribution in [3.05, 3.63) is 36.5 Å². The van der Waals surface area contributed by atoms with E-state index in [0.29, 0.717) is 0 Å². The van der Waals surface area contributed by atoms with Gasteiger partial charge in [-0.15, -0.1) is 0 Å². The van der Waals surface area contributed by atoms with Gasteiger partial charge < -0.3 is 0 Å². The van der Waals surface area contributed by atoms with Crippen molar-refractivity contribution in [2.45, 2.75) is 39.2 Å². The van der Waals surface area contributed by atoms with Gasteiger partial charge in [-0.25, -0.2) is 0 Å². The zero-order chi connectivity index (χ0) is 13.4. The highest BCUT2D eigenvalue weighted by molar-refractivity contribution is 5.81. The van der Waals surface area contributed by atoms with Crippen LogP contribution in [-0.2, 0) is 4.79 Å². The molecule has 0 aliphatic carbocycles. The molecule has 2 heteroatoms. The molecule has 1 atom stereocenters. The summed E-state index contributed by atoms with van der Waals surface area (Å²) in [5.41, 5.74) is 2.32. The molecule has 0 amide bonds. The lowest BCUT2D eigenvalue weighted by Gasteiger charge is -2.21. The SMILES string of the molecule is C=CC(=C)CC/C=C(\C)CC(C(C)=O)N(C)C.